The van der Waals surface area contributed by atoms with Gasteiger partial charge in [-0.2, -0.15) is 0 Å². The third-order valence-electron chi connectivity index (χ3n) is 4.52. The van der Waals surface area contributed by atoms with Crippen molar-refractivity contribution in [3.8, 4) is 11.5 Å². The van der Waals surface area contributed by atoms with Gasteiger partial charge in [-0.3, -0.25) is 9.59 Å². The minimum atomic E-state index is -0.661. The monoisotopic (exact) mass is 406 g/mol. The Morgan fingerprint density at radius 1 is 1.29 bits per heavy atom. The van der Waals surface area contributed by atoms with Gasteiger partial charge in [-0.05, 0) is 55.2 Å². The van der Waals surface area contributed by atoms with Gasteiger partial charge in [-0.1, -0.05) is 11.6 Å². The summed E-state index contributed by atoms with van der Waals surface area (Å²) < 4.78 is 24.3. The molecule has 2 N–H and O–H groups in total. The van der Waals surface area contributed by atoms with Crippen LogP contribution in [0.15, 0.2) is 24.3 Å². The Balaban J connectivity index is 1.98. The molecule has 8 heteroatoms. The van der Waals surface area contributed by atoms with Crippen molar-refractivity contribution in [1.82, 2.24) is 0 Å². The van der Waals surface area contributed by atoms with Gasteiger partial charge in [-0.15, -0.1) is 0 Å². The third kappa shape index (κ3) is 3.89. The number of amides is 2. The predicted molar refractivity (Wildman–Crippen MR) is 104 cm³/mol. The van der Waals surface area contributed by atoms with E-state index in [-0.39, 0.29) is 34.9 Å². The molecule has 1 aliphatic rings. The Morgan fingerprint density at radius 2 is 2.04 bits per heavy atom. The number of rotatable bonds is 5. The second-order valence-corrected chi connectivity index (χ2v) is 6.94. The fraction of sp³-hybridized carbons (Fsp3) is 0.300. The Kier molecular flexibility index (Phi) is 5.74. The summed E-state index contributed by atoms with van der Waals surface area (Å²) in [7, 11) is 1.40. The van der Waals surface area contributed by atoms with Crippen LogP contribution in [0.2, 0.25) is 5.02 Å². The summed E-state index contributed by atoms with van der Waals surface area (Å²) in [6.45, 7) is 1.92. The molecule has 0 bridgehead atoms. The maximum absolute atomic E-state index is 13.7. The summed E-state index contributed by atoms with van der Waals surface area (Å²) in [6.07, 6.45) is 1.44. The van der Waals surface area contributed by atoms with Crippen LogP contribution in [0, 0.1) is 12.7 Å². The molecule has 2 amide bonds. The summed E-state index contributed by atoms with van der Waals surface area (Å²) in [5.41, 5.74) is 7.61. The number of primary amides is 1. The van der Waals surface area contributed by atoms with Gasteiger partial charge in [0.1, 0.15) is 5.82 Å². The maximum Gasteiger partial charge on any atom is 0.258 e. The number of ether oxygens (including phenoxy) is 2. The highest BCUT2D eigenvalue weighted by Crippen LogP contribution is 2.38. The van der Waals surface area contributed by atoms with E-state index in [0.717, 1.165) is 17.7 Å². The van der Waals surface area contributed by atoms with Crippen molar-refractivity contribution < 1.29 is 23.5 Å². The molecule has 2 aromatic carbocycles. The Morgan fingerprint density at radius 3 is 2.71 bits per heavy atom. The van der Waals surface area contributed by atoms with Crippen LogP contribution < -0.4 is 20.1 Å². The number of nitrogens with two attached hydrogens (primary N) is 1. The van der Waals surface area contributed by atoms with Gasteiger partial charge in [-0.25, -0.2) is 4.39 Å². The van der Waals surface area contributed by atoms with Gasteiger partial charge >= 0.3 is 0 Å². The van der Waals surface area contributed by atoms with E-state index in [1.54, 1.807) is 11.8 Å². The molecule has 6 nitrogen and oxygen atoms in total. The van der Waals surface area contributed by atoms with Crippen molar-refractivity contribution in [1.29, 1.82) is 0 Å². The quantitative estimate of drug-likeness (QED) is 0.826. The number of anilines is 1. The largest absolute Gasteiger partial charge is 0.493 e. The number of methoxy groups -OCH3 is 1. The highest BCUT2D eigenvalue weighted by molar-refractivity contribution is 6.33. The molecule has 2 aromatic rings. The van der Waals surface area contributed by atoms with Crippen LogP contribution in [-0.2, 0) is 11.2 Å². The van der Waals surface area contributed by atoms with E-state index in [9.17, 15) is 14.0 Å². The molecule has 0 unspecified atom stereocenters. The third-order valence-corrected chi connectivity index (χ3v) is 4.80. The average molecular weight is 407 g/mol. The molecule has 1 heterocycles. The number of hydrogen-bond acceptors (Lipinski definition) is 4. The van der Waals surface area contributed by atoms with E-state index in [4.69, 9.17) is 26.8 Å². The van der Waals surface area contributed by atoms with Crippen LogP contribution in [0.1, 0.15) is 27.9 Å². The maximum atomic E-state index is 13.7. The molecule has 0 radical (unpaired) electrons. The number of aryl methyl sites for hydroxylation is 2. The lowest BCUT2D eigenvalue weighted by Gasteiger charge is -2.31. The zero-order valence-corrected chi connectivity index (χ0v) is 16.3. The zero-order valence-electron chi connectivity index (χ0n) is 15.6. The Hall–Kier alpha value is -2.80. The number of nitrogens with zero attached hydrogens (tertiary/aromatic N) is 1. The van der Waals surface area contributed by atoms with Crippen molar-refractivity contribution in [3.63, 3.8) is 0 Å². The predicted octanol–water partition coefficient (Wildman–Crippen LogP) is 3.25. The molecule has 0 fully saturated rings. The van der Waals surface area contributed by atoms with Gasteiger partial charge in [0.05, 0.1) is 17.8 Å². The van der Waals surface area contributed by atoms with Crippen molar-refractivity contribution >= 4 is 29.1 Å². The second kappa shape index (κ2) is 8.06. The molecule has 0 saturated carbocycles. The number of carbonyl (C=O) groups is 2. The average Bonchev–Trinajstić information content (AvgIpc) is 2.64. The molecule has 0 spiro atoms. The SMILES string of the molecule is COc1cc(C(=O)N2CCCc3cc(F)cc(C)c32)cc(Cl)c1OCC(N)=O. The van der Waals surface area contributed by atoms with Crippen LogP contribution in [0.3, 0.4) is 0 Å². The smallest absolute Gasteiger partial charge is 0.258 e. The fourth-order valence-electron chi connectivity index (χ4n) is 3.41. The van der Waals surface area contributed by atoms with Crippen LogP contribution in [0.25, 0.3) is 0 Å². The zero-order chi connectivity index (χ0) is 20.4. The van der Waals surface area contributed by atoms with Crippen LogP contribution in [0.5, 0.6) is 11.5 Å². The van der Waals surface area contributed by atoms with Gasteiger partial charge < -0.3 is 20.1 Å². The van der Waals surface area contributed by atoms with Crippen molar-refractivity contribution in [2.45, 2.75) is 19.8 Å². The number of carbonyl (C=O) groups excluding carboxylic acids is 2. The summed E-state index contributed by atoms with van der Waals surface area (Å²) in [5.74, 6) is -0.906. The second-order valence-electron chi connectivity index (χ2n) is 6.54. The first-order valence-electron chi connectivity index (χ1n) is 8.71. The molecular formula is C20H20ClFN2O4. The Labute approximate surface area is 167 Å². The van der Waals surface area contributed by atoms with E-state index >= 15 is 0 Å². The minimum Gasteiger partial charge on any atom is -0.493 e. The van der Waals surface area contributed by atoms with E-state index in [2.05, 4.69) is 0 Å². The van der Waals surface area contributed by atoms with Crippen molar-refractivity contribution in [2.24, 2.45) is 5.73 Å². The molecule has 0 saturated heterocycles. The first kappa shape index (κ1) is 19.9. The number of hydrogen-bond donors (Lipinski definition) is 1. The molecule has 3 rings (SSSR count). The highest BCUT2D eigenvalue weighted by atomic mass is 35.5. The van der Waals surface area contributed by atoms with Crippen LogP contribution >= 0.6 is 11.6 Å². The molecule has 28 heavy (non-hydrogen) atoms. The van der Waals surface area contributed by atoms with E-state index < -0.39 is 5.91 Å². The lowest BCUT2D eigenvalue weighted by Crippen LogP contribution is -2.36. The molecule has 148 valence electrons. The molecule has 0 atom stereocenters. The Bertz CT molecular complexity index is 948. The van der Waals surface area contributed by atoms with Crippen LogP contribution in [-0.4, -0.2) is 32.1 Å². The lowest BCUT2D eigenvalue weighted by atomic mass is 9.97. The van der Waals surface area contributed by atoms with Gasteiger partial charge in [0.15, 0.2) is 18.1 Å². The summed E-state index contributed by atoms with van der Waals surface area (Å²) in [6, 6.07) is 5.84. The molecule has 0 aromatic heterocycles. The highest BCUT2D eigenvalue weighted by Gasteiger charge is 2.27. The first-order valence-corrected chi connectivity index (χ1v) is 9.09. The topological polar surface area (TPSA) is 81.9 Å². The normalized spacial score (nSPS) is 13.1. The molecule has 1 aliphatic heterocycles. The molecular weight excluding hydrogens is 387 g/mol. The standard InChI is InChI=1S/C20H20ClFN2O4/c1-11-6-14(22)7-12-4-3-5-24(18(11)12)20(26)13-8-15(21)19(16(9-13)27-2)28-10-17(23)25/h6-9H,3-5,10H2,1-2H3,(H2,23,25). The van der Waals surface area contributed by atoms with Gasteiger partial charge in [0, 0.05) is 12.1 Å². The van der Waals surface area contributed by atoms with Crippen molar-refractivity contribution in [3.05, 3.63) is 51.8 Å². The fourth-order valence-corrected chi connectivity index (χ4v) is 3.67. The van der Waals surface area contributed by atoms with Crippen LogP contribution in [0.4, 0.5) is 10.1 Å². The van der Waals surface area contributed by atoms with Gasteiger partial charge in [0.2, 0.25) is 0 Å². The minimum absolute atomic E-state index is 0.122. The van der Waals surface area contributed by atoms with E-state index in [1.807, 2.05) is 0 Å². The van der Waals surface area contributed by atoms with Gasteiger partial charge in [0.25, 0.3) is 11.8 Å². The summed E-state index contributed by atoms with van der Waals surface area (Å²) >= 11 is 6.25. The summed E-state index contributed by atoms with van der Waals surface area (Å²) in [4.78, 5) is 25.8. The number of fused-ring (bicyclic) bond motifs is 1. The van der Waals surface area contributed by atoms with E-state index in [1.165, 1.54) is 31.4 Å². The lowest BCUT2D eigenvalue weighted by molar-refractivity contribution is -0.119. The number of halogens is 2. The first-order chi connectivity index (χ1) is 13.3. The van der Waals surface area contributed by atoms with Crippen molar-refractivity contribution in [2.75, 3.05) is 25.2 Å². The number of benzene rings is 2. The molecule has 0 aliphatic carbocycles. The van der Waals surface area contributed by atoms with E-state index in [0.29, 0.717) is 24.1 Å². The summed E-state index contributed by atoms with van der Waals surface area (Å²) in [5, 5.41) is 0.122.